The molecule has 0 spiro atoms. The predicted molar refractivity (Wildman–Crippen MR) is 93.8 cm³/mol. The van der Waals surface area contributed by atoms with E-state index in [1.165, 1.54) is 12.1 Å². The van der Waals surface area contributed by atoms with Gasteiger partial charge in [0.2, 0.25) is 0 Å². The SMILES string of the molecule is Cc1ccc(C(=O)Nc2cccc(Cl)c2F)nc1-c1ccccc1. The van der Waals surface area contributed by atoms with Crippen LogP contribution in [0.15, 0.2) is 60.7 Å². The Morgan fingerprint density at radius 2 is 1.79 bits per heavy atom. The van der Waals surface area contributed by atoms with Crippen LogP contribution < -0.4 is 5.32 Å². The average molecular weight is 341 g/mol. The van der Waals surface area contributed by atoms with Crippen LogP contribution in [-0.4, -0.2) is 10.9 Å². The Morgan fingerprint density at radius 3 is 2.54 bits per heavy atom. The molecule has 3 aromatic rings. The second-order valence-corrected chi connectivity index (χ2v) is 5.69. The quantitative estimate of drug-likeness (QED) is 0.720. The van der Waals surface area contributed by atoms with E-state index in [0.29, 0.717) is 0 Å². The zero-order valence-corrected chi connectivity index (χ0v) is 13.6. The highest BCUT2D eigenvalue weighted by Gasteiger charge is 2.14. The molecule has 2 aromatic carbocycles. The minimum Gasteiger partial charge on any atom is -0.318 e. The minimum absolute atomic E-state index is 0.0242. The van der Waals surface area contributed by atoms with Crippen molar-refractivity contribution in [1.29, 1.82) is 0 Å². The van der Waals surface area contributed by atoms with Gasteiger partial charge in [0.25, 0.3) is 5.91 Å². The number of nitrogens with zero attached hydrogens (tertiary/aromatic N) is 1. The van der Waals surface area contributed by atoms with Crippen molar-refractivity contribution in [2.75, 3.05) is 5.32 Å². The highest BCUT2D eigenvalue weighted by Crippen LogP contribution is 2.24. The van der Waals surface area contributed by atoms with Gasteiger partial charge in [0.05, 0.1) is 16.4 Å². The smallest absolute Gasteiger partial charge is 0.274 e. The van der Waals surface area contributed by atoms with E-state index in [1.54, 1.807) is 12.1 Å². The Bertz CT molecular complexity index is 897. The van der Waals surface area contributed by atoms with Crippen molar-refractivity contribution < 1.29 is 9.18 Å². The van der Waals surface area contributed by atoms with Gasteiger partial charge in [-0.3, -0.25) is 4.79 Å². The zero-order chi connectivity index (χ0) is 17.1. The maximum Gasteiger partial charge on any atom is 0.274 e. The molecule has 0 saturated carbocycles. The highest BCUT2D eigenvalue weighted by atomic mass is 35.5. The fourth-order valence-corrected chi connectivity index (χ4v) is 2.50. The molecule has 1 heterocycles. The molecule has 0 bridgehead atoms. The van der Waals surface area contributed by atoms with Crippen LogP contribution in [0.3, 0.4) is 0 Å². The number of benzene rings is 2. The summed E-state index contributed by atoms with van der Waals surface area (Å²) < 4.78 is 13.9. The highest BCUT2D eigenvalue weighted by molar-refractivity contribution is 6.31. The van der Waals surface area contributed by atoms with E-state index in [-0.39, 0.29) is 16.4 Å². The monoisotopic (exact) mass is 340 g/mol. The van der Waals surface area contributed by atoms with Crippen molar-refractivity contribution in [1.82, 2.24) is 4.98 Å². The molecule has 24 heavy (non-hydrogen) atoms. The molecule has 3 rings (SSSR count). The first-order chi connectivity index (χ1) is 11.6. The van der Waals surface area contributed by atoms with Crippen LogP contribution in [0.4, 0.5) is 10.1 Å². The van der Waals surface area contributed by atoms with Crippen molar-refractivity contribution >= 4 is 23.2 Å². The fourth-order valence-electron chi connectivity index (χ4n) is 2.33. The molecule has 5 heteroatoms. The minimum atomic E-state index is -0.664. The molecule has 0 aliphatic rings. The largest absolute Gasteiger partial charge is 0.318 e. The summed E-state index contributed by atoms with van der Waals surface area (Å²) in [6, 6.07) is 17.4. The molecule has 1 N–H and O–H groups in total. The average Bonchev–Trinajstić information content (AvgIpc) is 2.60. The molecule has 1 aromatic heterocycles. The summed E-state index contributed by atoms with van der Waals surface area (Å²) in [6.45, 7) is 1.92. The van der Waals surface area contributed by atoms with E-state index in [0.717, 1.165) is 16.8 Å². The first kappa shape index (κ1) is 16.1. The molecule has 0 atom stereocenters. The lowest BCUT2D eigenvalue weighted by Gasteiger charge is -2.10. The van der Waals surface area contributed by atoms with Crippen molar-refractivity contribution in [2.24, 2.45) is 0 Å². The van der Waals surface area contributed by atoms with E-state index < -0.39 is 11.7 Å². The summed E-state index contributed by atoms with van der Waals surface area (Å²) in [6.07, 6.45) is 0. The molecule has 0 radical (unpaired) electrons. The second kappa shape index (κ2) is 6.81. The van der Waals surface area contributed by atoms with Gasteiger partial charge in [-0.2, -0.15) is 0 Å². The predicted octanol–water partition coefficient (Wildman–Crippen LogP) is 5.10. The van der Waals surface area contributed by atoms with Crippen LogP contribution in [0.2, 0.25) is 5.02 Å². The van der Waals surface area contributed by atoms with Gasteiger partial charge in [0.15, 0.2) is 5.82 Å². The molecule has 0 fully saturated rings. The van der Waals surface area contributed by atoms with Gasteiger partial charge < -0.3 is 5.32 Å². The van der Waals surface area contributed by atoms with Gasteiger partial charge in [-0.1, -0.05) is 54.1 Å². The van der Waals surface area contributed by atoms with Crippen LogP contribution >= 0.6 is 11.6 Å². The summed E-state index contributed by atoms with van der Waals surface area (Å²) in [7, 11) is 0. The van der Waals surface area contributed by atoms with E-state index in [2.05, 4.69) is 10.3 Å². The number of carbonyl (C=O) groups is 1. The van der Waals surface area contributed by atoms with Crippen molar-refractivity contribution in [3.05, 3.63) is 82.8 Å². The molecule has 120 valence electrons. The Kier molecular flexibility index (Phi) is 4.58. The Hall–Kier alpha value is -2.72. The fraction of sp³-hybridized carbons (Fsp3) is 0.0526. The maximum absolute atomic E-state index is 13.9. The number of hydrogen-bond donors (Lipinski definition) is 1. The van der Waals surface area contributed by atoms with E-state index in [1.807, 2.05) is 43.3 Å². The van der Waals surface area contributed by atoms with Crippen molar-refractivity contribution in [3.63, 3.8) is 0 Å². The number of halogens is 2. The van der Waals surface area contributed by atoms with Crippen molar-refractivity contribution in [2.45, 2.75) is 6.92 Å². The molecule has 0 aliphatic carbocycles. The molecule has 0 unspecified atom stereocenters. The lowest BCUT2D eigenvalue weighted by Crippen LogP contribution is -2.15. The Morgan fingerprint density at radius 1 is 1.04 bits per heavy atom. The zero-order valence-electron chi connectivity index (χ0n) is 12.9. The van der Waals surface area contributed by atoms with E-state index in [9.17, 15) is 9.18 Å². The maximum atomic E-state index is 13.9. The molecular weight excluding hydrogens is 327 g/mol. The van der Waals surface area contributed by atoms with Crippen LogP contribution in [0.1, 0.15) is 16.1 Å². The van der Waals surface area contributed by atoms with E-state index in [4.69, 9.17) is 11.6 Å². The standard InChI is InChI=1S/C19H14ClFN2O/c1-12-10-11-16(22-18(12)13-6-3-2-4-7-13)19(24)23-15-9-5-8-14(20)17(15)21/h2-11H,1H3,(H,23,24). The summed E-state index contributed by atoms with van der Waals surface area (Å²) in [5.74, 6) is -1.16. The third-order valence-corrected chi connectivity index (χ3v) is 3.87. The molecule has 3 nitrogen and oxygen atoms in total. The van der Waals surface area contributed by atoms with Gasteiger partial charge in [-0.05, 0) is 30.7 Å². The number of hydrogen-bond acceptors (Lipinski definition) is 2. The molecule has 0 aliphatic heterocycles. The van der Waals surface area contributed by atoms with Crippen LogP contribution in [0.5, 0.6) is 0 Å². The number of carbonyl (C=O) groups excluding carboxylic acids is 1. The lowest BCUT2D eigenvalue weighted by atomic mass is 10.1. The lowest BCUT2D eigenvalue weighted by molar-refractivity contribution is 0.102. The number of amides is 1. The van der Waals surface area contributed by atoms with Gasteiger partial charge in [0.1, 0.15) is 5.69 Å². The second-order valence-electron chi connectivity index (χ2n) is 5.28. The summed E-state index contributed by atoms with van der Waals surface area (Å²) in [4.78, 5) is 16.8. The summed E-state index contributed by atoms with van der Waals surface area (Å²) in [5, 5.41) is 2.46. The topological polar surface area (TPSA) is 42.0 Å². The van der Waals surface area contributed by atoms with Crippen LogP contribution in [0.25, 0.3) is 11.3 Å². The first-order valence-electron chi connectivity index (χ1n) is 7.34. The molecule has 1 amide bonds. The third-order valence-electron chi connectivity index (χ3n) is 3.58. The number of rotatable bonds is 3. The Balaban J connectivity index is 1.92. The van der Waals surface area contributed by atoms with Crippen molar-refractivity contribution in [3.8, 4) is 11.3 Å². The van der Waals surface area contributed by atoms with Gasteiger partial charge >= 0.3 is 0 Å². The summed E-state index contributed by atoms with van der Waals surface area (Å²) in [5.41, 5.74) is 2.81. The van der Waals surface area contributed by atoms with Crippen LogP contribution in [-0.2, 0) is 0 Å². The Labute approximate surface area is 144 Å². The molecule has 0 saturated heterocycles. The number of nitrogens with one attached hydrogen (secondary N) is 1. The van der Waals surface area contributed by atoms with Crippen LogP contribution in [0, 0.1) is 12.7 Å². The third kappa shape index (κ3) is 3.29. The number of anilines is 1. The van der Waals surface area contributed by atoms with Gasteiger partial charge in [0, 0.05) is 5.56 Å². The first-order valence-corrected chi connectivity index (χ1v) is 7.72. The molecular formula is C19H14ClFN2O. The number of pyridine rings is 1. The summed E-state index contributed by atoms with van der Waals surface area (Å²) >= 11 is 5.73. The normalized spacial score (nSPS) is 10.5. The van der Waals surface area contributed by atoms with Gasteiger partial charge in [-0.15, -0.1) is 0 Å². The number of aryl methyl sites for hydroxylation is 1. The van der Waals surface area contributed by atoms with E-state index >= 15 is 0 Å². The van der Waals surface area contributed by atoms with Gasteiger partial charge in [-0.25, -0.2) is 9.37 Å². The number of aromatic nitrogens is 1.